The number of likely N-dealkylation sites (tertiary alicyclic amines) is 1. The molecule has 3 heterocycles. The van der Waals surface area contributed by atoms with Crippen LogP contribution in [0.1, 0.15) is 35.3 Å². The van der Waals surface area contributed by atoms with Crippen LogP contribution in [-0.2, 0) is 0 Å². The van der Waals surface area contributed by atoms with Crippen molar-refractivity contribution in [1.29, 1.82) is 0 Å². The summed E-state index contributed by atoms with van der Waals surface area (Å²) in [4.78, 5) is 19.3. The second kappa shape index (κ2) is 6.60. The molecule has 0 spiro atoms. The van der Waals surface area contributed by atoms with E-state index in [-0.39, 0.29) is 23.3 Å². The van der Waals surface area contributed by atoms with Crippen molar-refractivity contribution in [3.05, 3.63) is 72.0 Å². The Morgan fingerprint density at radius 3 is 2.86 bits per heavy atom. The van der Waals surface area contributed by atoms with Gasteiger partial charge in [0.1, 0.15) is 5.82 Å². The van der Waals surface area contributed by atoms with Crippen LogP contribution in [0.2, 0.25) is 0 Å². The smallest absolute Gasteiger partial charge is 0.290 e. The Morgan fingerprint density at radius 2 is 2.04 bits per heavy atom. The van der Waals surface area contributed by atoms with Gasteiger partial charge in [0.15, 0.2) is 23.0 Å². The van der Waals surface area contributed by atoms with E-state index in [9.17, 15) is 9.18 Å². The number of para-hydroxylation sites is 1. The third-order valence-electron chi connectivity index (χ3n) is 5.07. The lowest BCUT2D eigenvalue weighted by molar-refractivity contribution is 0.0700. The van der Waals surface area contributed by atoms with Crippen molar-refractivity contribution in [2.24, 2.45) is 0 Å². The average molecular weight is 376 g/mol. The van der Waals surface area contributed by atoms with E-state index in [0.29, 0.717) is 23.6 Å². The fourth-order valence-electron chi connectivity index (χ4n) is 3.71. The number of nitrogens with zero attached hydrogens (tertiary/aromatic N) is 3. The molecule has 2 aromatic heterocycles. The molecule has 7 heteroatoms. The number of aromatic nitrogens is 3. The zero-order valence-corrected chi connectivity index (χ0v) is 14.9. The van der Waals surface area contributed by atoms with Gasteiger partial charge in [0.05, 0.1) is 6.04 Å². The van der Waals surface area contributed by atoms with Gasteiger partial charge in [-0.2, -0.15) is 5.10 Å². The zero-order chi connectivity index (χ0) is 19.1. The van der Waals surface area contributed by atoms with Crippen LogP contribution in [0.5, 0.6) is 0 Å². The minimum atomic E-state index is -0.475. The molecule has 1 saturated heterocycles. The summed E-state index contributed by atoms with van der Waals surface area (Å²) in [5, 5.41) is 7.84. The van der Waals surface area contributed by atoms with E-state index in [2.05, 4.69) is 15.2 Å². The summed E-state index contributed by atoms with van der Waals surface area (Å²) in [5.41, 5.74) is 1.02. The molecule has 0 radical (unpaired) electrons. The molecule has 0 unspecified atom stereocenters. The molecule has 140 valence electrons. The largest absolute Gasteiger partial charge is 0.448 e. The Balaban J connectivity index is 1.44. The minimum absolute atomic E-state index is 0.104. The molecule has 1 aliphatic rings. The second-order valence-corrected chi connectivity index (χ2v) is 6.84. The number of furan rings is 1. The predicted octanol–water partition coefficient (Wildman–Crippen LogP) is 4.33. The maximum absolute atomic E-state index is 13.9. The molecule has 6 nitrogen and oxygen atoms in total. The minimum Gasteiger partial charge on any atom is -0.448 e. The van der Waals surface area contributed by atoms with Crippen LogP contribution in [0.15, 0.2) is 59.0 Å². The topological polar surface area (TPSA) is 75.0 Å². The van der Waals surface area contributed by atoms with Crippen LogP contribution in [-0.4, -0.2) is 32.5 Å². The van der Waals surface area contributed by atoms with Gasteiger partial charge in [-0.3, -0.25) is 9.89 Å². The predicted molar refractivity (Wildman–Crippen MR) is 101 cm³/mol. The van der Waals surface area contributed by atoms with Crippen LogP contribution in [0.25, 0.3) is 22.4 Å². The lowest BCUT2D eigenvalue weighted by Gasteiger charge is -2.21. The van der Waals surface area contributed by atoms with Gasteiger partial charge in [-0.1, -0.05) is 42.5 Å². The first kappa shape index (κ1) is 16.7. The molecular weight excluding hydrogens is 359 g/mol. The number of hydrogen-bond acceptors (Lipinski definition) is 4. The van der Waals surface area contributed by atoms with Gasteiger partial charge in [0.2, 0.25) is 0 Å². The standard InChI is InChI=1S/C21H17FN4O2/c22-15-9-4-8-14-12-17(28-18(14)15)21(27)26-11-5-10-16(26)20-23-19(24-25-20)13-6-2-1-3-7-13/h1-4,6-9,12,16H,5,10-11H2,(H,23,24,25)/t16-/m1/s1. The number of aromatic amines is 1. The fourth-order valence-corrected chi connectivity index (χ4v) is 3.71. The molecule has 1 N–H and O–H groups in total. The maximum atomic E-state index is 13.9. The van der Waals surface area contributed by atoms with Crippen molar-refractivity contribution in [3.63, 3.8) is 0 Å². The summed E-state index contributed by atoms with van der Waals surface area (Å²) in [6, 6.07) is 15.7. The molecule has 1 fully saturated rings. The highest BCUT2D eigenvalue weighted by atomic mass is 19.1. The zero-order valence-electron chi connectivity index (χ0n) is 14.9. The van der Waals surface area contributed by atoms with Gasteiger partial charge in [0.25, 0.3) is 5.91 Å². The Labute approximate surface area is 160 Å². The number of fused-ring (bicyclic) bond motifs is 1. The number of H-pyrrole nitrogens is 1. The van der Waals surface area contributed by atoms with Crippen molar-refractivity contribution in [1.82, 2.24) is 20.1 Å². The quantitative estimate of drug-likeness (QED) is 0.577. The number of benzene rings is 2. The summed E-state index contributed by atoms with van der Waals surface area (Å²) in [6.45, 7) is 0.588. The molecule has 2 aromatic carbocycles. The van der Waals surface area contributed by atoms with E-state index in [0.717, 1.165) is 18.4 Å². The van der Waals surface area contributed by atoms with E-state index in [1.54, 1.807) is 23.1 Å². The number of halogens is 1. The fraction of sp³-hybridized carbons (Fsp3) is 0.190. The van der Waals surface area contributed by atoms with Gasteiger partial charge >= 0.3 is 0 Å². The summed E-state index contributed by atoms with van der Waals surface area (Å²) in [7, 11) is 0. The summed E-state index contributed by atoms with van der Waals surface area (Å²) >= 11 is 0. The number of nitrogens with one attached hydrogen (secondary N) is 1. The first-order valence-corrected chi connectivity index (χ1v) is 9.17. The lowest BCUT2D eigenvalue weighted by atomic mass is 10.2. The first-order chi connectivity index (χ1) is 13.7. The molecule has 1 amide bonds. The Morgan fingerprint density at radius 1 is 1.18 bits per heavy atom. The molecule has 28 heavy (non-hydrogen) atoms. The number of hydrogen-bond donors (Lipinski definition) is 1. The highest BCUT2D eigenvalue weighted by Crippen LogP contribution is 2.33. The summed E-state index contributed by atoms with van der Waals surface area (Å²) in [5.74, 6) is 0.635. The van der Waals surface area contributed by atoms with Gasteiger partial charge in [-0.05, 0) is 25.0 Å². The van der Waals surface area contributed by atoms with E-state index in [1.165, 1.54) is 6.07 Å². The highest BCUT2D eigenvalue weighted by molar-refractivity contribution is 5.96. The van der Waals surface area contributed by atoms with E-state index in [1.807, 2.05) is 30.3 Å². The number of carbonyl (C=O) groups excluding carboxylic acids is 1. The molecular formula is C21H17FN4O2. The van der Waals surface area contributed by atoms with Crippen LogP contribution in [0.3, 0.4) is 0 Å². The molecule has 5 rings (SSSR count). The van der Waals surface area contributed by atoms with Crippen molar-refractivity contribution in [2.75, 3.05) is 6.54 Å². The summed E-state index contributed by atoms with van der Waals surface area (Å²) < 4.78 is 19.4. The molecule has 1 atom stereocenters. The van der Waals surface area contributed by atoms with Crippen molar-refractivity contribution in [3.8, 4) is 11.4 Å². The monoisotopic (exact) mass is 376 g/mol. The van der Waals surface area contributed by atoms with E-state index in [4.69, 9.17) is 4.42 Å². The van der Waals surface area contributed by atoms with Gasteiger partial charge in [-0.15, -0.1) is 0 Å². The molecule has 1 aliphatic heterocycles. The van der Waals surface area contributed by atoms with Crippen molar-refractivity contribution in [2.45, 2.75) is 18.9 Å². The van der Waals surface area contributed by atoms with Crippen LogP contribution < -0.4 is 0 Å². The maximum Gasteiger partial charge on any atom is 0.290 e. The number of amides is 1. The average Bonchev–Trinajstić information content (AvgIpc) is 3.46. The van der Waals surface area contributed by atoms with Crippen LogP contribution >= 0.6 is 0 Å². The molecule has 4 aromatic rings. The molecule has 0 saturated carbocycles. The Bertz CT molecular complexity index is 1150. The summed E-state index contributed by atoms with van der Waals surface area (Å²) in [6.07, 6.45) is 1.64. The number of carbonyl (C=O) groups is 1. The normalized spacial score (nSPS) is 16.8. The second-order valence-electron chi connectivity index (χ2n) is 6.84. The van der Waals surface area contributed by atoms with Gasteiger partial charge in [-0.25, -0.2) is 9.37 Å². The van der Waals surface area contributed by atoms with Crippen LogP contribution in [0, 0.1) is 5.82 Å². The Kier molecular flexibility index (Phi) is 3.93. The van der Waals surface area contributed by atoms with Crippen LogP contribution in [0.4, 0.5) is 4.39 Å². The van der Waals surface area contributed by atoms with Crippen molar-refractivity contribution >= 4 is 16.9 Å². The molecule has 0 bridgehead atoms. The lowest BCUT2D eigenvalue weighted by Crippen LogP contribution is -2.30. The van der Waals surface area contributed by atoms with E-state index < -0.39 is 5.82 Å². The van der Waals surface area contributed by atoms with Gasteiger partial charge < -0.3 is 9.32 Å². The van der Waals surface area contributed by atoms with Crippen molar-refractivity contribution < 1.29 is 13.6 Å². The highest BCUT2D eigenvalue weighted by Gasteiger charge is 2.34. The molecule has 0 aliphatic carbocycles. The SMILES string of the molecule is O=C(c1cc2cccc(F)c2o1)N1CCC[C@@H]1c1nc(-c2ccccc2)n[nH]1. The third kappa shape index (κ3) is 2.76. The van der Waals surface area contributed by atoms with Gasteiger partial charge in [0, 0.05) is 17.5 Å². The Hall–Kier alpha value is -3.48. The first-order valence-electron chi connectivity index (χ1n) is 9.17. The number of rotatable bonds is 3. The van der Waals surface area contributed by atoms with E-state index >= 15 is 0 Å². The third-order valence-corrected chi connectivity index (χ3v) is 5.07.